The van der Waals surface area contributed by atoms with E-state index < -0.39 is 9.84 Å². The maximum absolute atomic E-state index is 13.3. The lowest BCUT2D eigenvalue weighted by Crippen LogP contribution is -2.32. The highest BCUT2D eigenvalue weighted by Crippen LogP contribution is 2.34. The predicted molar refractivity (Wildman–Crippen MR) is 133 cm³/mol. The van der Waals surface area contributed by atoms with Gasteiger partial charge in [-0.2, -0.15) is 0 Å². The van der Waals surface area contributed by atoms with Crippen LogP contribution in [0.15, 0.2) is 67.0 Å². The molecule has 1 amide bonds. The summed E-state index contributed by atoms with van der Waals surface area (Å²) in [6.45, 7) is 4.30. The van der Waals surface area contributed by atoms with E-state index in [1.807, 2.05) is 56.3 Å². The molecule has 0 N–H and O–H groups in total. The monoisotopic (exact) mass is 479 g/mol. The van der Waals surface area contributed by atoms with Crippen molar-refractivity contribution < 1.29 is 13.2 Å². The van der Waals surface area contributed by atoms with Gasteiger partial charge in [-0.25, -0.2) is 13.4 Å². The third kappa shape index (κ3) is 5.64. The number of pyridine rings is 1. The quantitative estimate of drug-likeness (QED) is 0.361. The molecule has 4 aromatic rings. The molecular weight excluding hydrogens is 454 g/mol. The number of hydrogen-bond acceptors (Lipinski definition) is 6. The minimum atomic E-state index is -3.43. The van der Waals surface area contributed by atoms with Crippen molar-refractivity contribution >= 4 is 42.4 Å². The predicted octanol–water partition coefficient (Wildman–Crippen LogP) is 4.85. The minimum absolute atomic E-state index is 0.0801. The van der Waals surface area contributed by atoms with Crippen molar-refractivity contribution in [1.29, 1.82) is 0 Å². The van der Waals surface area contributed by atoms with Gasteiger partial charge >= 0.3 is 0 Å². The molecule has 0 atom stereocenters. The fourth-order valence-corrected chi connectivity index (χ4v) is 6.04. The van der Waals surface area contributed by atoms with E-state index in [0.717, 1.165) is 26.9 Å². The van der Waals surface area contributed by atoms with Crippen LogP contribution in [0, 0.1) is 13.8 Å². The zero-order chi connectivity index (χ0) is 23.4. The Kier molecular flexibility index (Phi) is 6.85. The molecule has 2 aromatic heterocycles. The number of aromatic nitrogens is 2. The number of rotatable bonds is 8. The van der Waals surface area contributed by atoms with Gasteiger partial charge in [0.2, 0.25) is 5.91 Å². The van der Waals surface area contributed by atoms with Crippen LogP contribution in [0.25, 0.3) is 10.2 Å². The highest BCUT2D eigenvalue weighted by atomic mass is 32.2. The molecule has 0 saturated carbocycles. The van der Waals surface area contributed by atoms with Gasteiger partial charge in [0.05, 0.1) is 28.3 Å². The summed E-state index contributed by atoms with van der Waals surface area (Å²) in [5.41, 5.74) is 4.58. The molecule has 0 spiro atoms. The Morgan fingerprint density at radius 1 is 0.970 bits per heavy atom. The average molecular weight is 480 g/mol. The Morgan fingerprint density at radius 3 is 2.39 bits per heavy atom. The molecule has 2 heterocycles. The van der Waals surface area contributed by atoms with E-state index in [2.05, 4.69) is 4.98 Å². The smallest absolute Gasteiger partial charge is 0.230 e. The molecule has 0 aliphatic carbocycles. The van der Waals surface area contributed by atoms with E-state index in [0.29, 0.717) is 10.7 Å². The van der Waals surface area contributed by atoms with Gasteiger partial charge in [0.1, 0.15) is 0 Å². The number of hydrogen-bond donors (Lipinski definition) is 0. The highest BCUT2D eigenvalue weighted by molar-refractivity contribution is 7.90. The van der Waals surface area contributed by atoms with E-state index in [1.165, 1.54) is 11.3 Å². The minimum Gasteiger partial charge on any atom is -0.284 e. The summed E-state index contributed by atoms with van der Waals surface area (Å²) in [6.07, 6.45) is 3.27. The lowest BCUT2D eigenvalue weighted by atomic mass is 10.1. The summed E-state index contributed by atoms with van der Waals surface area (Å²) >= 11 is 1.45. The summed E-state index contributed by atoms with van der Waals surface area (Å²) in [4.78, 5) is 23.8. The van der Waals surface area contributed by atoms with Crippen LogP contribution in [0.3, 0.4) is 0 Å². The molecule has 0 radical (unpaired) electrons. The topological polar surface area (TPSA) is 80.2 Å². The molecule has 0 aliphatic heterocycles. The standard InChI is InChI=1S/C25H25N3O3S2/c1-18-10-11-19(2)24-23(18)27-25(32-24)28(16-21-9-6-13-26-15-21)22(29)12-14-33(30,31)17-20-7-4-3-5-8-20/h3-11,13,15H,12,14,16-17H2,1-2H3. The third-order valence-electron chi connectivity index (χ3n) is 5.38. The van der Waals surface area contributed by atoms with Crippen LogP contribution >= 0.6 is 11.3 Å². The summed E-state index contributed by atoms with van der Waals surface area (Å²) in [5, 5.41) is 0.566. The van der Waals surface area contributed by atoms with Crippen molar-refractivity contribution in [2.45, 2.75) is 32.6 Å². The number of amides is 1. The number of sulfone groups is 1. The Bertz CT molecular complexity index is 1330. The van der Waals surface area contributed by atoms with Gasteiger partial charge in [0.25, 0.3) is 0 Å². The number of thiazole rings is 1. The van der Waals surface area contributed by atoms with Crippen LogP contribution in [0.1, 0.15) is 28.7 Å². The first-order chi connectivity index (χ1) is 15.8. The summed E-state index contributed by atoms with van der Waals surface area (Å²) in [7, 11) is -3.43. The first-order valence-electron chi connectivity index (χ1n) is 10.6. The second-order valence-corrected chi connectivity index (χ2v) is 11.2. The SMILES string of the molecule is Cc1ccc(C)c2sc(N(Cc3cccnc3)C(=O)CCS(=O)(=O)Cc3ccccc3)nc12. The molecule has 6 nitrogen and oxygen atoms in total. The molecule has 0 aliphatic rings. The number of fused-ring (bicyclic) bond motifs is 1. The molecule has 0 bridgehead atoms. The van der Waals surface area contributed by atoms with E-state index in [-0.39, 0.29) is 30.4 Å². The first kappa shape index (κ1) is 23.1. The van der Waals surface area contributed by atoms with E-state index in [1.54, 1.807) is 29.4 Å². The zero-order valence-electron chi connectivity index (χ0n) is 18.6. The van der Waals surface area contributed by atoms with Gasteiger partial charge in [-0.15, -0.1) is 0 Å². The van der Waals surface area contributed by atoms with Crippen molar-refractivity contribution in [3.63, 3.8) is 0 Å². The van der Waals surface area contributed by atoms with Gasteiger partial charge in [0, 0.05) is 18.8 Å². The Hall–Kier alpha value is -3.10. The molecule has 2 aromatic carbocycles. The van der Waals surface area contributed by atoms with Gasteiger partial charge < -0.3 is 0 Å². The average Bonchev–Trinajstić information content (AvgIpc) is 3.26. The summed E-state index contributed by atoms with van der Waals surface area (Å²) in [5.74, 6) is -0.568. The second kappa shape index (κ2) is 9.80. The maximum Gasteiger partial charge on any atom is 0.230 e. The molecule has 33 heavy (non-hydrogen) atoms. The molecule has 170 valence electrons. The molecule has 0 unspecified atom stereocenters. The lowest BCUT2D eigenvalue weighted by Gasteiger charge is -2.20. The largest absolute Gasteiger partial charge is 0.284 e. The number of nitrogens with zero attached hydrogens (tertiary/aromatic N) is 3. The van der Waals surface area contributed by atoms with E-state index in [4.69, 9.17) is 4.98 Å². The zero-order valence-corrected chi connectivity index (χ0v) is 20.2. The van der Waals surface area contributed by atoms with Gasteiger partial charge in [-0.1, -0.05) is 59.9 Å². The fraction of sp³-hybridized carbons (Fsp3) is 0.240. The van der Waals surface area contributed by atoms with Crippen LogP contribution in [0.2, 0.25) is 0 Å². The van der Waals surface area contributed by atoms with E-state index >= 15 is 0 Å². The Morgan fingerprint density at radius 2 is 1.70 bits per heavy atom. The van der Waals surface area contributed by atoms with Crippen molar-refractivity contribution in [1.82, 2.24) is 9.97 Å². The van der Waals surface area contributed by atoms with Crippen molar-refractivity contribution in [3.8, 4) is 0 Å². The number of aryl methyl sites for hydroxylation is 2. The fourth-order valence-electron chi connectivity index (χ4n) is 3.58. The number of carbonyl (C=O) groups is 1. The molecule has 0 saturated heterocycles. The number of benzene rings is 2. The Labute approximate surface area is 197 Å². The van der Waals surface area contributed by atoms with Gasteiger partial charge in [0.15, 0.2) is 15.0 Å². The first-order valence-corrected chi connectivity index (χ1v) is 13.3. The summed E-state index contributed by atoms with van der Waals surface area (Å²) in [6, 6.07) is 16.8. The molecule has 4 rings (SSSR count). The van der Waals surface area contributed by atoms with Crippen LogP contribution in [0.5, 0.6) is 0 Å². The number of anilines is 1. The van der Waals surface area contributed by atoms with Crippen LogP contribution in [0.4, 0.5) is 5.13 Å². The maximum atomic E-state index is 13.3. The molecule has 8 heteroatoms. The number of carbonyl (C=O) groups excluding carboxylic acids is 1. The van der Waals surface area contributed by atoms with Gasteiger partial charge in [-0.05, 0) is 42.2 Å². The van der Waals surface area contributed by atoms with Crippen molar-refractivity contribution in [2.75, 3.05) is 10.7 Å². The molecule has 0 fully saturated rings. The highest BCUT2D eigenvalue weighted by Gasteiger charge is 2.23. The normalized spacial score (nSPS) is 11.6. The van der Waals surface area contributed by atoms with Crippen LogP contribution in [-0.2, 0) is 26.9 Å². The third-order valence-corrected chi connectivity index (χ3v) is 8.20. The van der Waals surface area contributed by atoms with E-state index in [9.17, 15) is 13.2 Å². The molecular formula is C25H25N3O3S2. The second-order valence-electron chi connectivity index (χ2n) is 8.04. The van der Waals surface area contributed by atoms with Crippen molar-refractivity contribution in [2.24, 2.45) is 0 Å². The van der Waals surface area contributed by atoms with Gasteiger partial charge in [-0.3, -0.25) is 14.7 Å². The Balaban J connectivity index is 1.59. The van der Waals surface area contributed by atoms with Crippen LogP contribution < -0.4 is 4.90 Å². The van der Waals surface area contributed by atoms with Crippen molar-refractivity contribution in [3.05, 3.63) is 89.2 Å². The van der Waals surface area contributed by atoms with Crippen LogP contribution in [-0.4, -0.2) is 30.0 Å². The summed E-state index contributed by atoms with van der Waals surface area (Å²) < 4.78 is 26.3. The lowest BCUT2D eigenvalue weighted by molar-refractivity contribution is -0.118.